The maximum absolute atomic E-state index is 11.5. The Morgan fingerprint density at radius 3 is 2.53 bits per heavy atom. The lowest BCUT2D eigenvalue weighted by atomic mass is 10.1. The van der Waals surface area contributed by atoms with Gasteiger partial charge in [0.2, 0.25) is 0 Å². The molecule has 0 heterocycles. The molecule has 0 N–H and O–H groups in total. The third-order valence-electron chi connectivity index (χ3n) is 3.20. The first kappa shape index (κ1) is 13.5. The quantitative estimate of drug-likeness (QED) is 0.618. The van der Waals surface area contributed by atoms with Gasteiger partial charge in [-0.05, 0) is 48.6 Å². The average molecular weight is 262 g/mol. The zero-order valence-electron chi connectivity index (χ0n) is 11.5. The Kier molecular flexibility index (Phi) is 4.10. The largest absolute Gasteiger partial charge is 0.493 e. The van der Waals surface area contributed by atoms with E-state index in [4.69, 9.17) is 14.2 Å². The fourth-order valence-corrected chi connectivity index (χ4v) is 2.31. The van der Waals surface area contributed by atoms with E-state index in [1.807, 2.05) is 12.1 Å². The minimum atomic E-state index is -0.292. The lowest BCUT2D eigenvalue weighted by Gasteiger charge is -2.10. The van der Waals surface area contributed by atoms with Crippen LogP contribution in [-0.2, 0) is 16.0 Å². The third-order valence-corrected chi connectivity index (χ3v) is 3.20. The van der Waals surface area contributed by atoms with E-state index in [-0.39, 0.29) is 5.97 Å². The molecule has 4 nitrogen and oxygen atoms in total. The van der Waals surface area contributed by atoms with Gasteiger partial charge in [0.05, 0.1) is 20.8 Å². The van der Waals surface area contributed by atoms with Crippen LogP contribution in [0.2, 0.25) is 0 Å². The van der Waals surface area contributed by atoms with Crippen LogP contribution in [-0.4, -0.2) is 26.8 Å². The van der Waals surface area contributed by atoms with Crippen LogP contribution in [0.5, 0.6) is 11.5 Å². The topological polar surface area (TPSA) is 44.8 Å². The molecule has 4 heteroatoms. The highest BCUT2D eigenvalue weighted by atomic mass is 16.5. The summed E-state index contributed by atoms with van der Waals surface area (Å²) < 4.78 is 15.5. The summed E-state index contributed by atoms with van der Waals surface area (Å²) in [7, 11) is 3.22. The summed E-state index contributed by atoms with van der Waals surface area (Å²) in [5, 5.41) is 0. The van der Waals surface area contributed by atoms with E-state index in [0.29, 0.717) is 12.4 Å². The summed E-state index contributed by atoms with van der Waals surface area (Å²) in [4.78, 5) is 11.5. The number of rotatable bonds is 4. The van der Waals surface area contributed by atoms with Crippen LogP contribution in [0, 0.1) is 0 Å². The van der Waals surface area contributed by atoms with E-state index >= 15 is 0 Å². The lowest BCUT2D eigenvalue weighted by molar-refractivity contribution is -0.137. The van der Waals surface area contributed by atoms with Crippen LogP contribution >= 0.6 is 0 Å². The fourth-order valence-electron chi connectivity index (χ4n) is 2.31. The van der Waals surface area contributed by atoms with Gasteiger partial charge in [-0.25, -0.2) is 4.79 Å². The van der Waals surface area contributed by atoms with Crippen LogP contribution in [0.15, 0.2) is 18.2 Å². The van der Waals surface area contributed by atoms with Gasteiger partial charge in [-0.2, -0.15) is 0 Å². The van der Waals surface area contributed by atoms with Gasteiger partial charge >= 0.3 is 5.97 Å². The van der Waals surface area contributed by atoms with Crippen LogP contribution in [0.25, 0.3) is 5.57 Å². The van der Waals surface area contributed by atoms with Crippen molar-refractivity contribution < 1.29 is 19.0 Å². The number of allylic oxidation sites excluding steroid dienone is 1. The van der Waals surface area contributed by atoms with Gasteiger partial charge in [0.1, 0.15) is 0 Å². The first-order chi connectivity index (χ1) is 9.19. The van der Waals surface area contributed by atoms with Crippen molar-refractivity contribution in [2.24, 2.45) is 0 Å². The Hall–Kier alpha value is -1.97. The second-order valence-corrected chi connectivity index (χ2v) is 4.29. The van der Waals surface area contributed by atoms with Crippen molar-refractivity contribution in [2.75, 3.05) is 20.8 Å². The highest BCUT2D eigenvalue weighted by Crippen LogP contribution is 2.39. The van der Waals surface area contributed by atoms with Crippen molar-refractivity contribution in [2.45, 2.75) is 19.8 Å². The molecular formula is C15H18O4. The van der Waals surface area contributed by atoms with E-state index in [1.54, 1.807) is 27.2 Å². The maximum atomic E-state index is 11.5. The van der Waals surface area contributed by atoms with E-state index in [9.17, 15) is 4.79 Å². The summed E-state index contributed by atoms with van der Waals surface area (Å²) in [5.74, 6) is 1.11. The SMILES string of the molecule is CCOC(=O)/C=C1/CCc2cc(OC)c(OC)cc21. The molecule has 0 aromatic heterocycles. The molecule has 0 fully saturated rings. The molecule has 0 saturated heterocycles. The summed E-state index contributed by atoms with van der Waals surface area (Å²) in [6.07, 6.45) is 3.31. The maximum Gasteiger partial charge on any atom is 0.331 e. The summed E-state index contributed by atoms with van der Waals surface area (Å²) in [5.41, 5.74) is 3.22. The van der Waals surface area contributed by atoms with Crippen LogP contribution in [0.3, 0.4) is 0 Å². The van der Waals surface area contributed by atoms with Crippen molar-refractivity contribution in [1.82, 2.24) is 0 Å². The third kappa shape index (κ3) is 2.72. The number of methoxy groups -OCH3 is 2. The standard InChI is InChI=1S/C15H18O4/c1-4-19-15(16)8-11-6-5-10-7-13(17-2)14(18-3)9-12(10)11/h7-9H,4-6H2,1-3H3/b11-8-. The van der Waals surface area contributed by atoms with Gasteiger partial charge in [0.25, 0.3) is 0 Å². The Labute approximate surface area is 113 Å². The predicted octanol–water partition coefficient (Wildman–Crippen LogP) is 2.60. The number of benzene rings is 1. The van der Waals surface area contributed by atoms with Gasteiger partial charge in [-0.3, -0.25) is 0 Å². The van der Waals surface area contributed by atoms with Crippen molar-refractivity contribution in [3.63, 3.8) is 0 Å². The molecule has 0 spiro atoms. The lowest BCUT2D eigenvalue weighted by Crippen LogP contribution is -2.00. The normalized spacial score (nSPS) is 15.2. The number of hydrogen-bond acceptors (Lipinski definition) is 4. The average Bonchev–Trinajstić information content (AvgIpc) is 2.79. The smallest absolute Gasteiger partial charge is 0.331 e. The minimum absolute atomic E-state index is 0.292. The second-order valence-electron chi connectivity index (χ2n) is 4.29. The number of carbonyl (C=O) groups excluding carboxylic acids is 1. The predicted molar refractivity (Wildman–Crippen MR) is 72.5 cm³/mol. The number of hydrogen-bond donors (Lipinski definition) is 0. The number of ether oxygens (including phenoxy) is 3. The molecule has 1 aliphatic rings. The molecule has 0 radical (unpaired) electrons. The van der Waals surface area contributed by atoms with Crippen molar-refractivity contribution >= 4 is 11.5 Å². The van der Waals surface area contributed by atoms with E-state index in [1.165, 1.54) is 5.56 Å². The van der Waals surface area contributed by atoms with Gasteiger partial charge in [0.15, 0.2) is 11.5 Å². The van der Waals surface area contributed by atoms with Crippen molar-refractivity contribution in [1.29, 1.82) is 0 Å². The number of carbonyl (C=O) groups is 1. The molecule has 19 heavy (non-hydrogen) atoms. The molecule has 1 aromatic rings. The number of aryl methyl sites for hydroxylation is 1. The highest BCUT2D eigenvalue weighted by molar-refractivity contribution is 5.93. The van der Waals surface area contributed by atoms with Crippen LogP contribution in [0.4, 0.5) is 0 Å². The van der Waals surface area contributed by atoms with Gasteiger partial charge in [-0.1, -0.05) is 0 Å². The Morgan fingerprint density at radius 1 is 1.21 bits per heavy atom. The van der Waals surface area contributed by atoms with Gasteiger partial charge in [-0.15, -0.1) is 0 Å². The Balaban J connectivity index is 2.36. The molecule has 0 amide bonds. The second kappa shape index (κ2) is 5.78. The fraction of sp³-hybridized carbons (Fsp3) is 0.400. The first-order valence-electron chi connectivity index (χ1n) is 6.32. The molecular weight excluding hydrogens is 244 g/mol. The molecule has 2 rings (SSSR count). The molecule has 0 bridgehead atoms. The van der Waals surface area contributed by atoms with Gasteiger partial charge < -0.3 is 14.2 Å². The van der Waals surface area contributed by atoms with Crippen molar-refractivity contribution in [3.05, 3.63) is 29.3 Å². The first-order valence-corrected chi connectivity index (χ1v) is 6.32. The zero-order chi connectivity index (χ0) is 13.8. The Bertz CT molecular complexity index is 517. The van der Waals surface area contributed by atoms with E-state index in [0.717, 1.165) is 29.7 Å². The Morgan fingerprint density at radius 2 is 1.89 bits per heavy atom. The zero-order valence-corrected chi connectivity index (χ0v) is 11.5. The summed E-state index contributed by atoms with van der Waals surface area (Å²) >= 11 is 0. The molecule has 0 saturated carbocycles. The monoisotopic (exact) mass is 262 g/mol. The molecule has 1 aromatic carbocycles. The molecule has 0 aliphatic heterocycles. The molecule has 0 unspecified atom stereocenters. The van der Waals surface area contributed by atoms with E-state index in [2.05, 4.69) is 0 Å². The molecule has 102 valence electrons. The van der Waals surface area contributed by atoms with Crippen molar-refractivity contribution in [3.8, 4) is 11.5 Å². The van der Waals surface area contributed by atoms with E-state index < -0.39 is 0 Å². The summed E-state index contributed by atoms with van der Waals surface area (Å²) in [6.45, 7) is 2.19. The minimum Gasteiger partial charge on any atom is -0.493 e. The van der Waals surface area contributed by atoms with Gasteiger partial charge in [0, 0.05) is 6.08 Å². The highest BCUT2D eigenvalue weighted by Gasteiger charge is 2.20. The number of fused-ring (bicyclic) bond motifs is 1. The van der Waals surface area contributed by atoms with Crippen LogP contribution in [0.1, 0.15) is 24.5 Å². The summed E-state index contributed by atoms with van der Waals surface area (Å²) in [6, 6.07) is 3.90. The molecule has 1 aliphatic carbocycles. The van der Waals surface area contributed by atoms with Crippen LogP contribution < -0.4 is 9.47 Å². The number of esters is 1. The molecule has 0 atom stereocenters.